The molecule has 64 valence electrons. The van der Waals surface area contributed by atoms with Crippen molar-refractivity contribution in [2.45, 2.75) is 18.9 Å². The molecule has 1 aliphatic rings. The van der Waals surface area contributed by atoms with Crippen LogP contribution in [0.15, 0.2) is 12.8 Å². The molecule has 3 heteroatoms. The molecule has 1 heterocycles. The second-order valence-electron chi connectivity index (χ2n) is 3.19. The van der Waals surface area contributed by atoms with Crippen molar-refractivity contribution in [3.8, 4) is 0 Å². The van der Waals surface area contributed by atoms with E-state index in [0.29, 0.717) is 6.04 Å². The van der Waals surface area contributed by atoms with E-state index in [2.05, 4.69) is 18.5 Å². The van der Waals surface area contributed by atoms with Crippen LogP contribution in [-0.4, -0.2) is 36.1 Å². The van der Waals surface area contributed by atoms with Gasteiger partial charge in [-0.2, -0.15) is 0 Å². The fraction of sp³-hybridized carbons (Fsp3) is 0.750. The predicted octanol–water partition coefficient (Wildman–Crippen LogP) is 0.400. The van der Waals surface area contributed by atoms with E-state index in [1.165, 1.54) is 19.4 Å². The van der Waals surface area contributed by atoms with E-state index in [1.807, 2.05) is 0 Å². The van der Waals surface area contributed by atoms with Crippen molar-refractivity contribution in [2.75, 3.05) is 20.1 Å². The van der Waals surface area contributed by atoms with E-state index in [4.69, 9.17) is 5.84 Å². The molecule has 1 aliphatic heterocycles. The molecule has 1 saturated heterocycles. The minimum absolute atomic E-state index is 0.464. The zero-order valence-corrected chi connectivity index (χ0v) is 7.16. The first-order valence-electron chi connectivity index (χ1n) is 4.08. The second kappa shape index (κ2) is 3.74. The molecule has 0 spiro atoms. The zero-order chi connectivity index (χ0) is 8.27. The number of likely N-dealkylation sites (tertiary alicyclic amines) is 1. The van der Waals surface area contributed by atoms with Crippen LogP contribution in [0.2, 0.25) is 0 Å². The van der Waals surface area contributed by atoms with Crippen LogP contribution in [-0.2, 0) is 0 Å². The van der Waals surface area contributed by atoms with E-state index in [1.54, 1.807) is 11.2 Å². The smallest absolute Gasteiger partial charge is 0.0572 e. The number of hydrazine groups is 1. The summed E-state index contributed by atoms with van der Waals surface area (Å²) in [5.74, 6) is 5.70. The molecule has 1 fully saturated rings. The third-order valence-electron chi connectivity index (χ3n) is 2.23. The molecule has 0 aromatic carbocycles. The molecule has 0 bridgehead atoms. The average Bonchev–Trinajstić information content (AvgIpc) is 2.03. The lowest BCUT2D eigenvalue weighted by Gasteiger charge is -2.34. The maximum absolute atomic E-state index is 5.70. The number of hydrogen-bond donors (Lipinski definition) is 1. The minimum atomic E-state index is 0.464. The molecule has 0 amide bonds. The topological polar surface area (TPSA) is 32.5 Å². The van der Waals surface area contributed by atoms with Crippen LogP contribution in [0.25, 0.3) is 0 Å². The molecular weight excluding hydrogens is 138 g/mol. The monoisotopic (exact) mass is 155 g/mol. The Labute approximate surface area is 68.4 Å². The normalized spacial score (nSPS) is 26.5. The van der Waals surface area contributed by atoms with E-state index >= 15 is 0 Å². The summed E-state index contributed by atoms with van der Waals surface area (Å²) in [6.45, 7) is 5.90. The summed E-state index contributed by atoms with van der Waals surface area (Å²) in [5, 5.41) is 1.72. The molecule has 0 radical (unpaired) electrons. The predicted molar refractivity (Wildman–Crippen MR) is 46.7 cm³/mol. The molecule has 0 saturated carbocycles. The first-order valence-corrected chi connectivity index (χ1v) is 4.08. The van der Waals surface area contributed by atoms with Crippen LogP contribution in [0.3, 0.4) is 0 Å². The fourth-order valence-electron chi connectivity index (χ4n) is 1.53. The standard InChI is InChI=1S/C8H17N3/c1-3-11(9)8-5-4-6-10(2)7-8/h3,8H,1,4-7,9H2,2H3. The highest BCUT2D eigenvalue weighted by Crippen LogP contribution is 2.11. The Morgan fingerprint density at radius 3 is 3.00 bits per heavy atom. The van der Waals surface area contributed by atoms with Crippen molar-refractivity contribution in [3.63, 3.8) is 0 Å². The highest BCUT2D eigenvalue weighted by atomic mass is 15.4. The lowest BCUT2D eigenvalue weighted by molar-refractivity contribution is 0.152. The third-order valence-corrected chi connectivity index (χ3v) is 2.23. The van der Waals surface area contributed by atoms with Gasteiger partial charge >= 0.3 is 0 Å². The number of hydrogen-bond acceptors (Lipinski definition) is 3. The van der Waals surface area contributed by atoms with Gasteiger partial charge in [-0.05, 0) is 26.4 Å². The number of nitrogens with two attached hydrogens (primary N) is 1. The Morgan fingerprint density at radius 1 is 1.73 bits per heavy atom. The van der Waals surface area contributed by atoms with Crippen molar-refractivity contribution < 1.29 is 0 Å². The Bertz CT molecular complexity index is 135. The third kappa shape index (κ3) is 2.20. The van der Waals surface area contributed by atoms with Gasteiger partial charge in [0.15, 0.2) is 0 Å². The van der Waals surface area contributed by atoms with Gasteiger partial charge in [-0.15, -0.1) is 0 Å². The van der Waals surface area contributed by atoms with Crippen molar-refractivity contribution in [3.05, 3.63) is 12.8 Å². The minimum Gasteiger partial charge on any atom is -0.315 e. The second-order valence-corrected chi connectivity index (χ2v) is 3.19. The summed E-state index contributed by atoms with van der Waals surface area (Å²) >= 11 is 0. The van der Waals surface area contributed by atoms with Gasteiger partial charge in [-0.3, -0.25) is 0 Å². The van der Waals surface area contributed by atoms with Gasteiger partial charge in [-0.1, -0.05) is 6.58 Å². The van der Waals surface area contributed by atoms with Gasteiger partial charge in [-0.25, -0.2) is 5.84 Å². The molecule has 0 aromatic heterocycles. The molecule has 1 rings (SSSR count). The van der Waals surface area contributed by atoms with Crippen LogP contribution >= 0.6 is 0 Å². The summed E-state index contributed by atoms with van der Waals surface area (Å²) in [7, 11) is 2.13. The Hall–Kier alpha value is -0.540. The zero-order valence-electron chi connectivity index (χ0n) is 7.16. The quantitative estimate of drug-likeness (QED) is 0.463. The van der Waals surface area contributed by atoms with Crippen LogP contribution in [0, 0.1) is 0 Å². The highest BCUT2D eigenvalue weighted by molar-refractivity contribution is 4.80. The number of rotatable bonds is 2. The number of nitrogens with zero attached hydrogens (tertiary/aromatic N) is 2. The van der Waals surface area contributed by atoms with Gasteiger partial charge < -0.3 is 9.91 Å². The van der Waals surface area contributed by atoms with Crippen molar-refractivity contribution in [1.29, 1.82) is 0 Å². The molecule has 0 aliphatic carbocycles. The maximum Gasteiger partial charge on any atom is 0.0572 e. The van der Waals surface area contributed by atoms with Crippen LogP contribution in [0.5, 0.6) is 0 Å². The van der Waals surface area contributed by atoms with E-state index < -0.39 is 0 Å². The number of likely N-dealkylation sites (N-methyl/N-ethyl adjacent to an activating group) is 1. The molecule has 1 atom stereocenters. The van der Waals surface area contributed by atoms with E-state index in [9.17, 15) is 0 Å². The summed E-state index contributed by atoms with van der Waals surface area (Å²) in [6.07, 6.45) is 4.12. The van der Waals surface area contributed by atoms with Crippen molar-refractivity contribution >= 4 is 0 Å². The van der Waals surface area contributed by atoms with Gasteiger partial charge in [0, 0.05) is 12.7 Å². The molecule has 1 unspecified atom stereocenters. The Balaban J connectivity index is 2.38. The van der Waals surface area contributed by atoms with E-state index in [-0.39, 0.29) is 0 Å². The first-order chi connectivity index (χ1) is 5.24. The molecular formula is C8H17N3. The summed E-state index contributed by atoms with van der Waals surface area (Å²) in [6, 6.07) is 0.464. The van der Waals surface area contributed by atoms with Gasteiger partial charge in [0.25, 0.3) is 0 Å². The summed E-state index contributed by atoms with van der Waals surface area (Å²) in [4.78, 5) is 2.30. The first kappa shape index (κ1) is 8.56. The lowest BCUT2D eigenvalue weighted by atomic mass is 10.1. The summed E-state index contributed by atoms with van der Waals surface area (Å²) < 4.78 is 0. The number of piperidine rings is 1. The lowest BCUT2D eigenvalue weighted by Crippen LogP contribution is -2.47. The molecule has 11 heavy (non-hydrogen) atoms. The van der Waals surface area contributed by atoms with Gasteiger partial charge in [0.2, 0.25) is 0 Å². The Morgan fingerprint density at radius 2 is 2.45 bits per heavy atom. The van der Waals surface area contributed by atoms with Crippen LogP contribution in [0.4, 0.5) is 0 Å². The Kier molecular flexibility index (Phi) is 2.91. The van der Waals surface area contributed by atoms with Crippen LogP contribution < -0.4 is 5.84 Å². The van der Waals surface area contributed by atoms with Crippen molar-refractivity contribution in [2.24, 2.45) is 5.84 Å². The van der Waals surface area contributed by atoms with Gasteiger partial charge in [0.1, 0.15) is 0 Å². The van der Waals surface area contributed by atoms with Crippen molar-refractivity contribution in [1.82, 2.24) is 9.91 Å². The average molecular weight is 155 g/mol. The SMILES string of the molecule is C=CN(N)C1CCCN(C)C1. The molecule has 3 nitrogen and oxygen atoms in total. The summed E-state index contributed by atoms with van der Waals surface area (Å²) in [5.41, 5.74) is 0. The van der Waals surface area contributed by atoms with Crippen LogP contribution in [0.1, 0.15) is 12.8 Å². The maximum atomic E-state index is 5.70. The molecule has 2 N–H and O–H groups in total. The fourth-order valence-corrected chi connectivity index (χ4v) is 1.53. The largest absolute Gasteiger partial charge is 0.315 e. The highest BCUT2D eigenvalue weighted by Gasteiger charge is 2.18. The van der Waals surface area contributed by atoms with Gasteiger partial charge in [0.05, 0.1) is 6.04 Å². The van der Waals surface area contributed by atoms with E-state index in [0.717, 1.165) is 6.54 Å². The molecule has 0 aromatic rings.